The maximum Gasteiger partial charge on any atom is 0.343 e. The van der Waals surface area contributed by atoms with Gasteiger partial charge in [0.1, 0.15) is 5.56 Å². The van der Waals surface area contributed by atoms with Crippen LogP contribution >= 0.6 is 11.6 Å². The summed E-state index contributed by atoms with van der Waals surface area (Å²) in [5, 5.41) is 0.798. The molecule has 0 radical (unpaired) electrons. The number of aryl methyl sites for hydroxylation is 1. The van der Waals surface area contributed by atoms with Crippen LogP contribution in [0.2, 0.25) is 5.02 Å². The number of sulfonamides is 1. The Morgan fingerprint density at radius 3 is 2.44 bits per heavy atom. The molecular weight excluding hydrogens is 536 g/mol. The Kier molecular flexibility index (Phi) is 6.37. The first kappa shape index (κ1) is 25.8. The van der Waals surface area contributed by atoms with Gasteiger partial charge in [0.25, 0.3) is 0 Å². The first-order chi connectivity index (χ1) is 18.7. The summed E-state index contributed by atoms with van der Waals surface area (Å²) in [6.07, 6.45) is 3.45. The highest BCUT2D eigenvalue weighted by Crippen LogP contribution is 2.42. The zero-order valence-electron chi connectivity index (χ0n) is 21.6. The number of aromatic nitrogens is 1. The number of hydrogen-bond donors (Lipinski definition) is 0. The molecule has 0 spiro atoms. The Bertz CT molecular complexity index is 1810. The minimum absolute atomic E-state index is 0.00692. The summed E-state index contributed by atoms with van der Waals surface area (Å²) in [6, 6.07) is 16.4. The Labute approximate surface area is 231 Å². The molecule has 1 aliphatic heterocycles. The van der Waals surface area contributed by atoms with Gasteiger partial charge in [-0.3, -0.25) is 4.79 Å². The second-order valence-electron chi connectivity index (χ2n) is 10.1. The Morgan fingerprint density at radius 1 is 1.03 bits per heavy atom. The van der Waals surface area contributed by atoms with Crippen LogP contribution in [-0.4, -0.2) is 29.9 Å². The zero-order valence-corrected chi connectivity index (χ0v) is 23.2. The van der Waals surface area contributed by atoms with Gasteiger partial charge in [-0.2, -0.15) is 4.31 Å². The summed E-state index contributed by atoms with van der Waals surface area (Å²) in [5.41, 5.74) is 4.63. The number of nitrogens with zero attached hydrogens (tertiary/aromatic N) is 2. The Morgan fingerprint density at radius 2 is 1.74 bits per heavy atom. The Hall–Kier alpha value is -3.46. The van der Waals surface area contributed by atoms with Crippen molar-refractivity contribution < 1.29 is 17.9 Å². The van der Waals surface area contributed by atoms with E-state index in [1.165, 1.54) is 4.31 Å². The molecule has 0 unspecified atom stereocenters. The van der Waals surface area contributed by atoms with E-state index in [4.69, 9.17) is 16.3 Å². The topological polar surface area (TPSA) is 85.7 Å². The minimum Gasteiger partial charge on any atom is -0.462 e. The van der Waals surface area contributed by atoms with E-state index in [9.17, 15) is 18.0 Å². The average molecular weight is 563 g/mol. The lowest BCUT2D eigenvalue weighted by atomic mass is 9.98. The number of halogens is 1. The molecule has 0 bridgehead atoms. The van der Waals surface area contributed by atoms with Crippen molar-refractivity contribution in [2.24, 2.45) is 0 Å². The minimum atomic E-state index is -3.63. The van der Waals surface area contributed by atoms with Crippen molar-refractivity contribution >= 4 is 38.5 Å². The van der Waals surface area contributed by atoms with E-state index in [1.54, 1.807) is 49.5 Å². The number of carbonyl (C=O) groups excluding carboxylic acids is 1. The molecule has 1 saturated carbocycles. The molecule has 1 aromatic heterocycles. The summed E-state index contributed by atoms with van der Waals surface area (Å²) in [6.45, 7) is 4.37. The van der Waals surface area contributed by atoms with E-state index in [-0.39, 0.29) is 29.7 Å². The highest BCUT2D eigenvalue weighted by molar-refractivity contribution is 7.89. The van der Waals surface area contributed by atoms with Crippen molar-refractivity contribution in [3.63, 3.8) is 0 Å². The maximum atomic E-state index is 13.3. The van der Waals surface area contributed by atoms with E-state index < -0.39 is 21.4 Å². The number of benzene rings is 3. The largest absolute Gasteiger partial charge is 0.462 e. The fourth-order valence-corrected chi connectivity index (χ4v) is 6.95. The highest BCUT2D eigenvalue weighted by Gasteiger charge is 2.32. The lowest BCUT2D eigenvalue weighted by Crippen LogP contribution is -2.25. The van der Waals surface area contributed by atoms with Gasteiger partial charge in [0, 0.05) is 36.3 Å². The van der Waals surface area contributed by atoms with Crippen molar-refractivity contribution in [2.75, 3.05) is 6.61 Å². The molecule has 0 amide bonds. The normalized spacial score (nSPS) is 15.5. The third kappa shape index (κ3) is 4.46. The van der Waals surface area contributed by atoms with Crippen LogP contribution in [0.1, 0.15) is 52.9 Å². The van der Waals surface area contributed by atoms with E-state index in [2.05, 4.69) is 0 Å². The van der Waals surface area contributed by atoms with Gasteiger partial charge in [-0.05, 0) is 67.6 Å². The van der Waals surface area contributed by atoms with E-state index in [1.807, 2.05) is 29.7 Å². The highest BCUT2D eigenvalue weighted by atomic mass is 35.5. The number of fused-ring (bicyclic) bond motifs is 2. The number of ether oxygens (including phenoxy) is 1. The molecule has 200 valence electrons. The lowest BCUT2D eigenvalue weighted by molar-refractivity contribution is 0.0524. The van der Waals surface area contributed by atoms with Crippen LogP contribution in [0.25, 0.3) is 22.0 Å². The molecule has 1 fully saturated rings. The van der Waals surface area contributed by atoms with Gasteiger partial charge in [-0.15, -0.1) is 0 Å². The summed E-state index contributed by atoms with van der Waals surface area (Å²) in [4.78, 5) is 26.0. The summed E-state index contributed by atoms with van der Waals surface area (Å²) in [7, 11) is -3.63. The van der Waals surface area contributed by atoms with E-state index in [0.717, 1.165) is 40.7 Å². The molecule has 39 heavy (non-hydrogen) atoms. The van der Waals surface area contributed by atoms with Crippen LogP contribution in [0.3, 0.4) is 0 Å². The summed E-state index contributed by atoms with van der Waals surface area (Å²) in [5.74, 6) is -0.636. The average Bonchev–Trinajstić information content (AvgIpc) is 3.67. The van der Waals surface area contributed by atoms with Crippen molar-refractivity contribution in [3.05, 3.63) is 98.3 Å². The van der Waals surface area contributed by atoms with Gasteiger partial charge in [0.2, 0.25) is 15.5 Å². The van der Waals surface area contributed by atoms with E-state index >= 15 is 0 Å². The fraction of sp³-hybridized carbons (Fsp3) is 0.267. The van der Waals surface area contributed by atoms with Crippen molar-refractivity contribution in [3.8, 4) is 11.1 Å². The first-order valence-electron chi connectivity index (χ1n) is 12.9. The molecule has 3 aromatic carbocycles. The van der Waals surface area contributed by atoms with Gasteiger partial charge >= 0.3 is 5.97 Å². The van der Waals surface area contributed by atoms with Crippen molar-refractivity contribution in [2.45, 2.75) is 50.7 Å². The molecule has 0 atom stereocenters. The maximum absolute atomic E-state index is 13.3. The smallest absolute Gasteiger partial charge is 0.343 e. The molecule has 1 aliphatic carbocycles. The van der Waals surface area contributed by atoms with Crippen LogP contribution in [0.5, 0.6) is 0 Å². The number of pyridine rings is 1. The molecular formula is C30H27ClN2O5S. The van der Waals surface area contributed by atoms with E-state index in [0.29, 0.717) is 22.5 Å². The second-order valence-corrected chi connectivity index (χ2v) is 12.4. The molecule has 0 N–H and O–H groups in total. The monoisotopic (exact) mass is 562 g/mol. The molecule has 9 heteroatoms. The standard InChI is InChI=1S/C30H27ClN2O5S/c1-3-38-30(35)26-17-33(22-8-9-22)28-25(29(26)34)13-12-24(27(28)31)19-6-7-20-15-32(16-21(20)14-19)39(36,37)23-10-4-18(2)5-11-23/h4-7,10-14,17,22H,3,8-9,15-16H2,1-2H3. The van der Waals surface area contributed by atoms with Gasteiger partial charge < -0.3 is 9.30 Å². The predicted molar refractivity (Wildman–Crippen MR) is 150 cm³/mol. The van der Waals surface area contributed by atoms with Gasteiger partial charge in [0.05, 0.1) is 22.0 Å². The van der Waals surface area contributed by atoms with Gasteiger partial charge in [-0.25, -0.2) is 13.2 Å². The van der Waals surface area contributed by atoms with Crippen LogP contribution in [-0.2, 0) is 27.8 Å². The SMILES string of the molecule is CCOC(=O)c1cn(C2CC2)c2c(Cl)c(-c3ccc4c(c3)CN(S(=O)(=O)c3ccc(C)cc3)C4)ccc2c1=O. The first-order valence-corrected chi connectivity index (χ1v) is 14.7. The van der Waals surface area contributed by atoms with Gasteiger partial charge in [-0.1, -0.05) is 47.5 Å². The predicted octanol–water partition coefficient (Wildman–Crippen LogP) is 5.85. The van der Waals surface area contributed by atoms with Crippen molar-refractivity contribution in [1.82, 2.24) is 8.87 Å². The Balaban J connectivity index is 1.39. The van der Waals surface area contributed by atoms with Crippen molar-refractivity contribution in [1.29, 1.82) is 0 Å². The van der Waals surface area contributed by atoms with Crippen LogP contribution < -0.4 is 5.43 Å². The quantitative estimate of drug-likeness (QED) is 0.275. The molecule has 4 aromatic rings. The van der Waals surface area contributed by atoms with Crippen LogP contribution in [0, 0.1) is 6.92 Å². The molecule has 2 aliphatic rings. The zero-order chi connectivity index (χ0) is 27.5. The second kappa shape index (κ2) is 9.62. The number of hydrogen-bond acceptors (Lipinski definition) is 5. The molecule has 2 heterocycles. The molecule has 0 saturated heterocycles. The third-order valence-electron chi connectivity index (χ3n) is 7.44. The number of esters is 1. The lowest BCUT2D eigenvalue weighted by Gasteiger charge is -2.16. The molecule has 7 nitrogen and oxygen atoms in total. The van der Waals surface area contributed by atoms with Crippen LogP contribution in [0.4, 0.5) is 0 Å². The summed E-state index contributed by atoms with van der Waals surface area (Å²) < 4.78 is 35.1. The third-order valence-corrected chi connectivity index (χ3v) is 9.63. The van der Waals surface area contributed by atoms with Crippen LogP contribution in [0.15, 0.2) is 70.5 Å². The van der Waals surface area contributed by atoms with Gasteiger partial charge in [0.15, 0.2) is 0 Å². The summed E-state index contributed by atoms with van der Waals surface area (Å²) >= 11 is 6.98. The molecule has 6 rings (SSSR count). The fourth-order valence-electron chi connectivity index (χ4n) is 5.19. The number of carbonyl (C=O) groups is 1. The number of rotatable bonds is 6.